The van der Waals surface area contributed by atoms with Crippen LogP contribution in [-0.2, 0) is 9.53 Å². The first kappa shape index (κ1) is 11.4. The molecule has 0 bridgehead atoms. The second-order valence-corrected chi connectivity index (χ2v) is 3.73. The first-order chi connectivity index (χ1) is 6.29. The fourth-order valence-electron chi connectivity index (χ4n) is 0.946. The van der Waals surface area contributed by atoms with E-state index in [9.17, 15) is 23.1 Å². The van der Waals surface area contributed by atoms with Crippen molar-refractivity contribution in [3.8, 4) is 0 Å². The average molecular weight is 228 g/mol. The predicted molar refractivity (Wildman–Crippen MR) is 43.6 cm³/mol. The molecule has 1 aliphatic heterocycles. The third-order valence-electron chi connectivity index (χ3n) is 1.64. The molecule has 1 rings (SSSR count). The fraction of sp³-hybridized carbons (Fsp3) is 0.571. The zero-order chi connectivity index (χ0) is 11.0. The average Bonchev–Trinajstić information content (AvgIpc) is 2.47. The Morgan fingerprint density at radius 1 is 1.71 bits per heavy atom. The Balaban J connectivity index is 2.90. The van der Waals surface area contributed by atoms with E-state index in [-0.39, 0.29) is 5.75 Å². The van der Waals surface area contributed by atoms with Crippen LogP contribution < -0.4 is 0 Å². The maximum absolute atomic E-state index is 12.1. The third-order valence-corrected chi connectivity index (χ3v) is 2.88. The van der Waals surface area contributed by atoms with E-state index in [0.29, 0.717) is 17.8 Å². The first-order valence-corrected chi connectivity index (χ1v) is 4.52. The molecule has 0 aromatic carbocycles. The Kier molecular flexibility index (Phi) is 2.82. The number of halogens is 3. The number of aliphatic hydroxyl groups is 1. The third kappa shape index (κ3) is 2.03. The fourth-order valence-corrected chi connectivity index (χ4v) is 1.96. The summed E-state index contributed by atoms with van der Waals surface area (Å²) in [4.78, 5) is 9.94. The molecule has 0 saturated carbocycles. The summed E-state index contributed by atoms with van der Waals surface area (Å²) in [5, 5.41) is 9.42. The minimum absolute atomic E-state index is 0.367. The number of hydrogen-bond donors (Lipinski definition) is 1. The normalized spacial score (nSPS) is 27.4. The van der Waals surface area contributed by atoms with E-state index in [1.165, 1.54) is 0 Å². The molecule has 1 atom stereocenters. The van der Waals surface area contributed by atoms with Crippen molar-refractivity contribution in [2.75, 3.05) is 12.9 Å². The monoisotopic (exact) mass is 228 g/mol. The lowest BCUT2D eigenvalue weighted by atomic mass is 10.1. The van der Waals surface area contributed by atoms with Gasteiger partial charge in [-0.3, -0.25) is 0 Å². The van der Waals surface area contributed by atoms with Gasteiger partial charge in [0.15, 0.2) is 5.60 Å². The summed E-state index contributed by atoms with van der Waals surface area (Å²) >= 11 is 0.385. The maximum atomic E-state index is 12.1. The minimum atomic E-state index is -4.52. The highest BCUT2D eigenvalue weighted by Gasteiger charge is 2.47. The van der Waals surface area contributed by atoms with Crippen molar-refractivity contribution in [2.24, 2.45) is 0 Å². The Bertz CT molecular complexity index is 286. The lowest BCUT2D eigenvalue weighted by Crippen LogP contribution is -2.38. The van der Waals surface area contributed by atoms with E-state index in [0.717, 1.165) is 7.11 Å². The van der Waals surface area contributed by atoms with E-state index >= 15 is 0 Å². The van der Waals surface area contributed by atoms with Crippen LogP contribution in [0.5, 0.6) is 0 Å². The van der Waals surface area contributed by atoms with Crippen LogP contribution in [0.2, 0.25) is 0 Å². The van der Waals surface area contributed by atoms with Crippen LogP contribution in [0.4, 0.5) is 13.2 Å². The van der Waals surface area contributed by atoms with Crippen LogP contribution in [0.3, 0.4) is 0 Å². The van der Waals surface area contributed by atoms with Crippen LogP contribution in [0.1, 0.15) is 0 Å². The van der Waals surface area contributed by atoms with Gasteiger partial charge in [0.2, 0.25) is 0 Å². The van der Waals surface area contributed by atoms with Gasteiger partial charge in [-0.1, -0.05) is 0 Å². The highest BCUT2D eigenvalue weighted by atomic mass is 32.2. The first-order valence-electron chi connectivity index (χ1n) is 3.53. The number of carbonyl (C=O) groups is 1. The highest BCUT2D eigenvalue weighted by Crippen LogP contribution is 2.42. The lowest BCUT2D eigenvalue weighted by Gasteiger charge is -2.15. The van der Waals surface area contributed by atoms with Gasteiger partial charge in [0.1, 0.15) is 0 Å². The second-order valence-electron chi connectivity index (χ2n) is 2.71. The van der Waals surface area contributed by atoms with Gasteiger partial charge in [0.25, 0.3) is 0 Å². The number of thioether (sulfide) groups is 1. The highest BCUT2D eigenvalue weighted by molar-refractivity contribution is 8.03. The van der Waals surface area contributed by atoms with Gasteiger partial charge in [0, 0.05) is 5.75 Å². The minimum Gasteiger partial charge on any atom is -0.467 e. The molecule has 0 aromatic heterocycles. The van der Waals surface area contributed by atoms with Crippen LogP contribution in [-0.4, -0.2) is 35.7 Å². The number of allylic oxidation sites excluding steroid dienone is 1. The summed E-state index contributed by atoms with van der Waals surface area (Å²) in [6.07, 6.45) is -4.04. The van der Waals surface area contributed by atoms with Gasteiger partial charge in [-0.05, 0) is 6.08 Å². The van der Waals surface area contributed by atoms with Gasteiger partial charge < -0.3 is 9.84 Å². The van der Waals surface area contributed by atoms with Crippen LogP contribution in [0.25, 0.3) is 0 Å². The molecule has 1 N–H and O–H groups in total. The number of hydrogen-bond acceptors (Lipinski definition) is 4. The van der Waals surface area contributed by atoms with Crippen molar-refractivity contribution in [3.05, 3.63) is 11.0 Å². The number of alkyl halides is 3. The lowest BCUT2D eigenvalue weighted by molar-refractivity contribution is -0.155. The van der Waals surface area contributed by atoms with Crippen LogP contribution in [0.15, 0.2) is 11.0 Å². The van der Waals surface area contributed by atoms with Crippen LogP contribution in [0, 0.1) is 0 Å². The summed E-state index contributed by atoms with van der Waals surface area (Å²) in [5.41, 5.74) is -2.15. The summed E-state index contributed by atoms with van der Waals surface area (Å²) < 4.78 is 40.5. The molecule has 0 amide bonds. The molecule has 3 nitrogen and oxygen atoms in total. The van der Waals surface area contributed by atoms with Gasteiger partial charge in [-0.15, -0.1) is 11.8 Å². The Morgan fingerprint density at radius 3 is 2.64 bits per heavy atom. The quantitative estimate of drug-likeness (QED) is 0.682. The topological polar surface area (TPSA) is 46.5 Å². The van der Waals surface area contributed by atoms with E-state index < -0.39 is 22.7 Å². The molecule has 0 spiro atoms. The van der Waals surface area contributed by atoms with Crippen molar-refractivity contribution in [3.63, 3.8) is 0 Å². The Labute approximate surface area is 81.9 Å². The largest absolute Gasteiger partial charge is 0.467 e. The Hall–Kier alpha value is -0.690. The number of esters is 1. The van der Waals surface area contributed by atoms with Crippen molar-refractivity contribution >= 4 is 17.7 Å². The number of rotatable bonds is 1. The standard InChI is InChI=1S/C7H7F3O3S/c1-13-5(11)6(12)2-4(14-3-6)7(8,9)10/h2,12H,3H2,1H3. The molecule has 0 saturated heterocycles. The molecule has 1 heterocycles. The maximum Gasteiger partial charge on any atom is 0.422 e. The van der Waals surface area contributed by atoms with Crippen LogP contribution >= 0.6 is 11.8 Å². The van der Waals surface area contributed by atoms with E-state index in [1.807, 2.05) is 0 Å². The molecule has 0 radical (unpaired) electrons. The van der Waals surface area contributed by atoms with Crippen molar-refractivity contribution in [1.29, 1.82) is 0 Å². The number of methoxy groups -OCH3 is 1. The molecule has 7 heteroatoms. The molecular formula is C7H7F3O3S. The van der Waals surface area contributed by atoms with E-state index in [4.69, 9.17) is 0 Å². The second kappa shape index (κ2) is 3.47. The van der Waals surface area contributed by atoms with Gasteiger partial charge in [-0.2, -0.15) is 13.2 Å². The van der Waals surface area contributed by atoms with E-state index in [1.54, 1.807) is 0 Å². The molecule has 0 aliphatic carbocycles. The van der Waals surface area contributed by atoms with E-state index in [2.05, 4.69) is 4.74 Å². The van der Waals surface area contributed by atoms with Gasteiger partial charge >= 0.3 is 12.1 Å². The summed E-state index contributed by atoms with van der Waals surface area (Å²) in [6, 6.07) is 0. The number of carbonyl (C=O) groups excluding carboxylic acids is 1. The predicted octanol–water partition coefficient (Wildman–Crippen LogP) is 1.08. The van der Waals surface area contributed by atoms with Gasteiger partial charge in [-0.25, -0.2) is 4.79 Å². The smallest absolute Gasteiger partial charge is 0.422 e. The Morgan fingerprint density at radius 2 is 2.29 bits per heavy atom. The molecule has 0 aromatic rings. The van der Waals surface area contributed by atoms with Crippen molar-refractivity contribution in [1.82, 2.24) is 0 Å². The van der Waals surface area contributed by atoms with Crippen molar-refractivity contribution in [2.45, 2.75) is 11.8 Å². The summed E-state index contributed by atoms with van der Waals surface area (Å²) in [7, 11) is 1.00. The molecular weight excluding hydrogens is 221 g/mol. The summed E-state index contributed by atoms with van der Waals surface area (Å²) in [6.45, 7) is 0. The van der Waals surface area contributed by atoms with Gasteiger partial charge in [0.05, 0.1) is 12.0 Å². The molecule has 1 unspecified atom stereocenters. The summed E-state index contributed by atoms with van der Waals surface area (Å²) in [5.74, 6) is -1.45. The van der Waals surface area contributed by atoms with Crippen molar-refractivity contribution < 1.29 is 27.8 Å². The molecule has 14 heavy (non-hydrogen) atoms. The number of ether oxygens (including phenoxy) is 1. The SMILES string of the molecule is COC(=O)C1(O)C=C(C(F)(F)F)SC1. The zero-order valence-electron chi connectivity index (χ0n) is 7.09. The molecule has 0 fully saturated rings. The molecule has 80 valence electrons. The zero-order valence-corrected chi connectivity index (χ0v) is 7.91. The molecule has 1 aliphatic rings.